The predicted octanol–water partition coefficient (Wildman–Crippen LogP) is -0.229. The summed E-state index contributed by atoms with van der Waals surface area (Å²) in [7, 11) is 0. The number of hydrogen-bond donors (Lipinski definition) is 2. The van der Waals surface area contributed by atoms with Gasteiger partial charge in [0.25, 0.3) is 0 Å². The third-order valence-electron chi connectivity index (χ3n) is 3.57. The minimum absolute atomic E-state index is 0. The molecule has 0 spiro atoms. The molecule has 0 aliphatic heterocycles. The van der Waals surface area contributed by atoms with Crippen molar-refractivity contribution in [2.24, 2.45) is 11.7 Å². The molecule has 1 unspecified atom stereocenters. The Balaban J connectivity index is 0.00000161. The van der Waals surface area contributed by atoms with Gasteiger partial charge in [-0.05, 0) is 30.9 Å². The van der Waals surface area contributed by atoms with Crippen LogP contribution in [0.1, 0.15) is 12.8 Å². The van der Waals surface area contributed by atoms with Gasteiger partial charge in [-0.25, -0.2) is 9.48 Å². The molecule has 1 atom stereocenters. The second-order valence-electron chi connectivity index (χ2n) is 5.12. The minimum atomic E-state index is -0.313. The van der Waals surface area contributed by atoms with Gasteiger partial charge in [0.05, 0.1) is 0 Å². The maximum atomic E-state index is 12.0. The Hall–Kier alpha value is -1.86. The van der Waals surface area contributed by atoms with Crippen molar-refractivity contribution in [1.82, 2.24) is 19.5 Å². The number of nitrogens with one attached hydrogen (secondary N) is 1. The summed E-state index contributed by atoms with van der Waals surface area (Å²) in [5.41, 5.74) is 5.86. The number of carbonyl (C=O) groups is 1. The quantitative estimate of drug-likeness (QED) is 0.797. The highest BCUT2D eigenvalue weighted by Crippen LogP contribution is 2.32. The molecular formula is C13H18ClN5O2. The van der Waals surface area contributed by atoms with Gasteiger partial charge in [0, 0.05) is 18.8 Å². The fourth-order valence-corrected chi connectivity index (χ4v) is 2.33. The van der Waals surface area contributed by atoms with E-state index >= 15 is 0 Å². The summed E-state index contributed by atoms with van der Waals surface area (Å²) in [6.07, 6.45) is 3.85. The first-order valence-electron chi connectivity index (χ1n) is 6.72. The van der Waals surface area contributed by atoms with Crippen LogP contribution in [0.4, 0.5) is 0 Å². The molecule has 0 radical (unpaired) electrons. The average molecular weight is 312 g/mol. The van der Waals surface area contributed by atoms with E-state index in [1.54, 1.807) is 24.4 Å². The van der Waals surface area contributed by atoms with Gasteiger partial charge in [-0.15, -0.1) is 17.5 Å². The maximum Gasteiger partial charge on any atom is 0.350 e. The molecule has 1 fully saturated rings. The summed E-state index contributed by atoms with van der Waals surface area (Å²) in [4.78, 5) is 24.0. The molecule has 114 valence electrons. The SMILES string of the molecule is Cl.NCC(NC(=O)Cn1nc2ccccn2c1=O)C1CC1. The second kappa shape index (κ2) is 6.28. The van der Waals surface area contributed by atoms with Crippen LogP contribution in [0.5, 0.6) is 0 Å². The monoisotopic (exact) mass is 311 g/mol. The lowest BCUT2D eigenvalue weighted by molar-refractivity contribution is -0.122. The molecule has 2 heterocycles. The summed E-state index contributed by atoms with van der Waals surface area (Å²) in [5.74, 6) is 0.264. The summed E-state index contributed by atoms with van der Waals surface area (Å²) >= 11 is 0. The van der Waals surface area contributed by atoms with E-state index in [1.165, 1.54) is 9.08 Å². The maximum absolute atomic E-state index is 12.0. The van der Waals surface area contributed by atoms with Crippen LogP contribution in [0.3, 0.4) is 0 Å². The smallest absolute Gasteiger partial charge is 0.350 e. The standard InChI is InChI=1S/C13H17N5O2.ClH/c14-7-10(9-4-5-9)15-12(19)8-18-13(20)17-6-2-1-3-11(17)16-18;/h1-3,6,9-10H,4-5,7-8,14H2,(H,15,19);1H. The third-order valence-corrected chi connectivity index (χ3v) is 3.57. The average Bonchev–Trinajstić information content (AvgIpc) is 3.24. The molecule has 8 heteroatoms. The van der Waals surface area contributed by atoms with Crippen LogP contribution in [0.25, 0.3) is 5.65 Å². The topological polar surface area (TPSA) is 94.4 Å². The summed E-state index contributed by atoms with van der Waals surface area (Å²) in [6, 6.07) is 5.28. The van der Waals surface area contributed by atoms with Crippen molar-refractivity contribution in [2.45, 2.75) is 25.4 Å². The Labute approximate surface area is 127 Å². The van der Waals surface area contributed by atoms with Crippen molar-refractivity contribution in [3.8, 4) is 0 Å². The molecule has 2 aromatic rings. The highest BCUT2D eigenvalue weighted by molar-refractivity contribution is 5.85. The lowest BCUT2D eigenvalue weighted by atomic mass is 10.2. The summed E-state index contributed by atoms with van der Waals surface area (Å²) in [6.45, 7) is 0.347. The fraction of sp³-hybridized carbons (Fsp3) is 0.462. The van der Waals surface area contributed by atoms with Gasteiger partial charge in [-0.3, -0.25) is 9.20 Å². The first-order chi connectivity index (χ1) is 9.69. The Kier molecular flexibility index (Phi) is 4.64. The largest absolute Gasteiger partial charge is 0.350 e. The van der Waals surface area contributed by atoms with Crippen molar-refractivity contribution >= 4 is 24.0 Å². The van der Waals surface area contributed by atoms with Crippen LogP contribution in [0.15, 0.2) is 29.2 Å². The van der Waals surface area contributed by atoms with E-state index in [0.29, 0.717) is 18.1 Å². The highest BCUT2D eigenvalue weighted by atomic mass is 35.5. The third kappa shape index (κ3) is 3.25. The minimum Gasteiger partial charge on any atom is -0.350 e. The molecule has 1 aliphatic rings. The van der Waals surface area contributed by atoms with Gasteiger partial charge in [-0.1, -0.05) is 6.07 Å². The molecule has 2 aromatic heterocycles. The zero-order valence-electron chi connectivity index (χ0n) is 11.4. The van der Waals surface area contributed by atoms with Crippen molar-refractivity contribution in [3.05, 3.63) is 34.9 Å². The molecule has 7 nitrogen and oxygen atoms in total. The molecule has 0 aromatic carbocycles. The van der Waals surface area contributed by atoms with Crippen LogP contribution < -0.4 is 16.7 Å². The fourth-order valence-electron chi connectivity index (χ4n) is 2.33. The first kappa shape index (κ1) is 15.5. The molecule has 3 rings (SSSR count). The van der Waals surface area contributed by atoms with Crippen molar-refractivity contribution in [2.75, 3.05) is 6.54 Å². The van der Waals surface area contributed by atoms with Crippen LogP contribution in [0.2, 0.25) is 0 Å². The Morgan fingerprint density at radius 1 is 1.48 bits per heavy atom. The van der Waals surface area contributed by atoms with Gasteiger partial charge >= 0.3 is 5.69 Å². The van der Waals surface area contributed by atoms with Crippen LogP contribution in [-0.2, 0) is 11.3 Å². The van der Waals surface area contributed by atoms with Crippen molar-refractivity contribution in [3.63, 3.8) is 0 Å². The number of fused-ring (bicyclic) bond motifs is 1. The lowest BCUT2D eigenvalue weighted by Crippen LogP contribution is -2.44. The van der Waals surface area contributed by atoms with Crippen LogP contribution in [0, 0.1) is 5.92 Å². The molecule has 21 heavy (non-hydrogen) atoms. The van der Waals surface area contributed by atoms with Crippen LogP contribution >= 0.6 is 12.4 Å². The number of hydrogen-bond acceptors (Lipinski definition) is 4. The Morgan fingerprint density at radius 2 is 2.24 bits per heavy atom. The van der Waals surface area contributed by atoms with Crippen molar-refractivity contribution in [1.29, 1.82) is 0 Å². The van der Waals surface area contributed by atoms with Gasteiger partial charge < -0.3 is 11.1 Å². The molecule has 1 saturated carbocycles. The zero-order valence-corrected chi connectivity index (χ0v) is 12.3. The number of amides is 1. The van der Waals surface area contributed by atoms with Crippen molar-refractivity contribution < 1.29 is 4.79 Å². The second-order valence-corrected chi connectivity index (χ2v) is 5.12. The van der Waals surface area contributed by atoms with Gasteiger partial charge in [-0.2, -0.15) is 0 Å². The van der Waals surface area contributed by atoms with E-state index in [1.807, 2.05) is 0 Å². The molecular weight excluding hydrogens is 294 g/mol. The van der Waals surface area contributed by atoms with Gasteiger partial charge in [0.1, 0.15) is 6.54 Å². The number of carbonyl (C=O) groups excluding carboxylic acids is 1. The number of rotatable bonds is 5. The molecule has 0 saturated heterocycles. The number of halogens is 1. The lowest BCUT2D eigenvalue weighted by Gasteiger charge is -2.15. The number of nitrogens with zero attached hydrogens (tertiary/aromatic N) is 3. The Bertz CT molecular complexity index is 691. The Morgan fingerprint density at radius 3 is 2.86 bits per heavy atom. The molecule has 1 aliphatic carbocycles. The molecule has 0 bridgehead atoms. The zero-order chi connectivity index (χ0) is 14.1. The summed E-state index contributed by atoms with van der Waals surface area (Å²) in [5, 5.41) is 7.00. The number of pyridine rings is 1. The summed E-state index contributed by atoms with van der Waals surface area (Å²) < 4.78 is 2.58. The van der Waals surface area contributed by atoms with E-state index in [0.717, 1.165) is 12.8 Å². The van der Waals surface area contributed by atoms with E-state index in [4.69, 9.17) is 5.73 Å². The normalized spacial score (nSPS) is 15.5. The van der Waals surface area contributed by atoms with E-state index < -0.39 is 0 Å². The molecule has 1 amide bonds. The number of nitrogens with two attached hydrogens (primary N) is 1. The highest BCUT2D eigenvalue weighted by Gasteiger charge is 2.31. The first-order valence-corrected chi connectivity index (χ1v) is 6.72. The van der Waals surface area contributed by atoms with Gasteiger partial charge in [0.2, 0.25) is 5.91 Å². The van der Waals surface area contributed by atoms with Gasteiger partial charge in [0.15, 0.2) is 5.65 Å². The number of aromatic nitrogens is 3. The van der Waals surface area contributed by atoms with E-state index in [-0.39, 0.29) is 36.6 Å². The van der Waals surface area contributed by atoms with Crippen LogP contribution in [-0.4, -0.2) is 32.7 Å². The van der Waals surface area contributed by atoms with E-state index in [9.17, 15) is 9.59 Å². The molecule has 3 N–H and O–H groups in total. The predicted molar refractivity (Wildman–Crippen MR) is 80.4 cm³/mol. The van der Waals surface area contributed by atoms with E-state index in [2.05, 4.69) is 10.4 Å².